The number of carboxylic acid groups (broad SMARTS) is 1. The third-order valence-electron chi connectivity index (χ3n) is 3.63. The molecule has 2 heterocycles. The number of aromatic nitrogens is 2. The summed E-state index contributed by atoms with van der Waals surface area (Å²) in [5.41, 5.74) is 1.62. The van der Waals surface area contributed by atoms with Crippen molar-refractivity contribution in [3.05, 3.63) is 41.6 Å². The predicted octanol–water partition coefficient (Wildman–Crippen LogP) is 2.70. The fourth-order valence-corrected chi connectivity index (χ4v) is 2.51. The molecule has 0 aliphatic rings. The van der Waals surface area contributed by atoms with Crippen molar-refractivity contribution in [1.82, 2.24) is 9.55 Å². The van der Waals surface area contributed by atoms with Crippen molar-refractivity contribution in [3.63, 3.8) is 0 Å². The average molecular weight is 316 g/mol. The molecule has 7 heteroatoms. The number of nitrogens with zero attached hydrogens (tertiary/aromatic N) is 2. The number of aryl methyl sites for hydroxylation is 1. The molecule has 0 aliphatic carbocycles. The zero-order valence-corrected chi connectivity index (χ0v) is 13.0. The van der Waals surface area contributed by atoms with Crippen molar-refractivity contribution in [2.75, 3.05) is 14.2 Å². The first-order chi connectivity index (χ1) is 11.0. The number of carboxylic acids is 1. The predicted molar refractivity (Wildman–Crippen MR) is 82.3 cm³/mol. The van der Waals surface area contributed by atoms with Crippen molar-refractivity contribution in [2.24, 2.45) is 0 Å². The second kappa shape index (κ2) is 5.68. The van der Waals surface area contributed by atoms with Gasteiger partial charge in [0.05, 0.1) is 31.8 Å². The Morgan fingerprint density at radius 3 is 2.57 bits per heavy atom. The highest BCUT2D eigenvalue weighted by Crippen LogP contribution is 2.32. The Hall–Kier alpha value is -2.96. The van der Waals surface area contributed by atoms with Gasteiger partial charge in [0.15, 0.2) is 11.5 Å². The summed E-state index contributed by atoms with van der Waals surface area (Å²) in [6, 6.07) is 6.74. The van der Waals surface area contributed by atoms with Crippen LogP contribution in [0.5, 0.6) is 11.5 Å². The van der Waals surface area contributed by atoms with Crippen molar-refractivity contribution >= 4 is 17.0 Å². The molecule has 23 heavy (non-hydrogen) atoms. The Morgan fingerprint density at radius 2 is 1.96 bits per heavy atom. The number of hydrogen-bond donors (Lipinski definition) is 1. The highest BCUT2D eigenvalue weighted by atomic mass is 16.5. The van der Waals surface area contributed by atoms with Gasteiger partial charge in [0, 0.05) is 12.1 Å². The molecule has 3 aromatic rings. The largest absolute Gasteiger partial charge is 0.493 e. The standard InChI is InChI=1S/C16H16N2O5/c1-9-17-11-6-14(21-2)15(22-3)7-12(11)18(9)8-10-4-5-13(23-10)16(19)20/h4-7H,8H2,1-3H3,(H,19,20). The molecule has 7 nitrogen and oxygen atoms in total. The van der Waals surface area contributed by atoms with Crippen LogP contribution in [0.25, 0.3) is 11.0 Å². The minimum atomic E-state index is -1.09. The van der Waals surface area contributed by atoms with E-state index in [0.717, 1.165) is 16.9 Å². The molecule has 0 amide bonds. The van der Waals surface area contributed by atoms with Crippen molar-refractivity contribution in [1.29, 1.82) is 0 Å². The topological polar surface area (TPSA) is 86.7 Å². The normalized spacial score (nSPS) is 10.9. The number of furan rings is 1. The second-order valence-electron chi connectivity index (χ2n) is 5.01. The molecule has 0 fully saturated rings. The molecule has 1 N–H and O–H groups in total. The summed E-state index contributed by atoms with van der Waals surface area (Å²) < 4.78 is 17.9. The Balaban J connectivity index is 2.05. The van der Waals surface area contributed by atoms with Gasteiger partial charge in [-0.05, 0) is 19.1 Å². The lowest BCUT2D eigenvalue weighted by Gasteiger charge is -2.09. The van der Waals surface area contributed by atoms with Gasteiger partial charge in [-0.2, -0.15) is 0 Å². The molecule has 120 valence electrons. The molecular weight excluding hydrogens is 300 g/mol. The fraction of sp³-hybridized carbons (Fsp3) is 0.250. The maximum absolute atomic E-state index is 10.9. The van der Waals surface area contributed by atoms with Crippen LogP contribution in [0.4, 0.5) is 0 Å². The van der Waals surface area contributed by atoms with Crippen LogP contribution >= 0.6 is 0 Å². The number of fused-ring (bicyclic) bond motifs is 1. The second-order valence-corrected chi connectivity index (χ2v) is 5.01. The van der Waals surface area contributed by atoms with Gasteiger partial charge in [0.1, 0.15) is 11.6 Å². The molecule has 0 radical (unpaired) electrons. The van der Waals surface area contributed by atoms with E-state index in [1.54, 1.807) is 20.3 Å². The van der Waals surface area contributed by atoms with E-state index >= 15 is 0 Å². The SMILES string of the molecule is COc1cc2nc(C)n(Cc3ccc(C(=O)O)o3)c2cc1OC. The summed E-state index contributed by atoms with van der Waals surface area (Å²) in [6.07, 6.45) is 0. The number of ether oxygens (including phenoxy) is 2. The third-order valence-corrected chi connectivity index (χ3v) is 3.63. The first-order valence-electron chi connectivity index (χ1n) is 6.94. The highest BCUT2D eigenvalue weighted by molar-refractivity contribution is 5.84. The zero-order valence-electron chi connectivity index (χ0n) is 13.0. The monoisotopic (exact) mass is 316 g/mol. The van der Waals surface area contributed by atoms with Crippen molar-refractivity contribution in [3.8, 4) is 11.5 Å². The number of methoxy groups -OCH3 is 2. The van der Waals surface area contributed by atoms with Crippen LogP contribution in [0.2, 0.25) is 0 Å². The van der Waals surface area contributed by atoms with Crippen LogP contribution in [0.15, 0.2) is 28.7 Å². The van der Waals surface area contributed by atoms with Crippen molar-refractivity contribution in [2.45, 2.75) is 13.5 Å². The van der Waals surface area contributed by atoms with Crippen LogP contribution in [0.3, 0.4) is 0 Å². The smallest absolute Gasteiger partial charge is 0.371 e. The summed E-state index contributed by atoms with van der Waals surface area (Å²) >= 11 is 0. The van der Waals surface area contributed by atoms with E-state index in [0.29, 0.717) is 23.8 Å². The lowest BCUT2D eigenvalue weighted by molar-refractivity contribution is 0.0660. The molecule has 0 aliphatic heterocycles. The molecule has 3 rings (SSSR count). The number of aromatic carboxylic acids is 1. The average Bonchev–Trinajstić information content (AvgIpc) is 3.11. The van der Waals surface area contributed by atoms with Crippen LogP contribution in [-0.4, -0.2) is 34.8 Å². The van der Waals surface area contributed by atoms with Gasteiger partial charge in [0.2, 0.25) is 5.76 Å². The Bertz CT molecular complexity index is 878. The van der Waals surface area contributed by atoms with E-state index in [9.17, 15) is 4.79 Å². The van der Waals surface area contributed by atoms with Crippen LogP contribution in [0.1, 0.15) is 22.1 Å². The molecular formula is C16H16N2O5. The minimum Gasteiger partial charge on any atom is -0.493 e. The number of hydrogen-bond acceptors (Lipinski definition) is 5. The number of benzene rings is 1. The maximum Gasteiger partial charge on any atom is 0.371 e. The molecule has 2 aromatic heterocycles. The van der Waals surface area contributed by atoms with Gasteiger partial charge < -0.3 is 23.6 Å². The van der Waals surface area contributed by atoms with Crippen molar-refractivity contribution < 1.29 is 23.8 Å². The Morgan fingerprint density at radius 1 is 1.26 bits per heavy atom. The highest BCUT2D eigenvalue weighted by Gasteiger charge is 2.15. The Kier molecular flexibility index (Phi) is 3.69. The van der Waals surface area contributed by atoms with Crippen LogP contribution < -0.4 is 9.47 Å². The summed E-state index contributed by atoms with van der Waals surface area (Å²) in [5.74, 6) is 1.36. The van der Waals surface area contributed by atoms with Gasteiger partial charge in [-0.1, -0.05) is 0 Å². The first-order valence-corrected chi connectivity index (χ1v) is 6.94. The summed E-state index contributed by atoms with van der Waals surface area (Å²) in [6.45, 7) is 2.26. The zero-order chi connectivity index (χ0) is 16.6. The fourth-order valence-electron chi connectivity index (χ4n) is 2.51. The quantitative estimate of drug-likeness (QED) is 0.779. The van der Waals surface area contributed by atoms with E-state index < -0.39 is 5.97 Å². The van der Waals surface area contributed by atoms with Gasteiger partial charge in [0.25, 0.3) is 0 Å². The number of imidazole rings is 1. The maximum atomic E-state index is 10.9. The Labute approximate surface area is 132 Å². The van der Waals surface area contributed by atoms with Gasteiger partial charge in [-0.3, -0.25) is 0 Å². The first kappa shape index (κ1) is 15.0. The number of carbonyl (C=O) groups is 1. The lowest BCUT2D eigenvalue weighted by Crippen LogP contribution is -2.01. The molecule has 1 aromatic carbocycles. The van der Waals surface area contributed by atoms with Gasteiger partial charge >= 0.3 is 5.97 Å². The van der Waals surface area contributed by atoms with E-state index in [4.69, 9.17) is 19.0 Å². The van der Waals surface area contributed by atoms with E-state index in [1.165, 1.54) is 6.07 Å². The summed E-state index contributed by atoms with van der Waals surface area (Å²) in [4.78, 5) is 15.4. The third kappa shape index (κ3) is 2.61. The van der Waals surface area contributed by atoms with Gasteiger partial charge in [-0.25, -0.2) is 9.78 Å². The molecule has 0 unspecified atom stereocenters. The molecule has 0 spiro atoms. The molecule has 0 atom stereocenters. The van der Waals surface area contributed by atoms with Crippen LogP contribution in [0, 0.1) is 6.92 Å². The van der Waals surface area contributed by atoms with E-state index in [-0.39, 0.29) is 5.76 Å². The van der Waals surface area contributed by atoms with E-state index in [2.05, 4.69) is 4.98 Å². The summed E-state index contributed by atoms with van der Waals surface area (Å²) in [7, 11) is 3.15. The van der Waals surface area contributed by atoms with Crippen LogP contribution in [-0.2, 0) is 6.54 Å². The minimum absolute atomic E-state index is 0.0821. The lowest BCUT2D eigenvalue weighted by atomic mass is 10.2. The van der Waals surface area contributed by atoms with Gasteiger partial charge in [-0.15, -0.1) is 0 Å². The summed E-state index contributed by atoms with van der Waals surface area (Å²) in [5, 5.41) is 8.93. The molecule has 0 bridgehead atoms. The molecule has 0 saturated heterocycles. The van der Waals surface area contributed by atoms with E-state index in [1.807, 2.05) is 23.6 Å². The molecule has 0 saturated carbocycles. The number of rotatable bonds is 5.